The van der Waals surface area contributed by atoms with Gasteiger partial charge in [-0.15, -0.1) is 12.6 Å². The fourth-order valence-corrected chi connectivity index (χ4v) is 4.87. The highest BCUT2D eigenvalue weighted by Crippen LogP contribution is 2.47. The maximum absolute atomic E-state index is 13.0. The summed E-state index contributed by atoms with van der Waals surface area (Å²) in [4.78, 5) is 18.3. The average molecular weight is 400 g/mol. The number of carbonyl (C=O) groups is 1. The first-order valence-corrected chi connectivity index (χ1v) is 10.8. The second kappa shape index (κ2) is 8.34. The number of amides is 1. The van der Waals surface area contributed by atoms with Crippen molar-refractivity contribution in [2.45, 2.75) is 46.6 Å². The molecule has 0 saturated heterocycles. The molecular weight excluding hydrogens is 366 g/mol. The van der Waals surface area contributed by atoms with Gasteiger partial charge in [-0.25, -0.2) is 0 Å². The molecule has 4 nitrogen and oxygen atoms in total. The number of nitrogens with zero attached hydrogens (tertiary/aromatic N) is 2. The number of anilines is 1. The highest BCUT2D eigenvalue weighted by Gasteiger charge is 2.38. The van der Waals surface area contributed by atoms with Crippen LogP contribution in [0.4, 0.5) is 5.69 Å². The first kappa shape index (κ1) is 21.0. The normalized spacial score (nSPS) is 23.6. The number of benzene rings is 1. The van der Waals surface area contributed by atoms with Gasteiger partial charge in [0.15, 0.2) is 0 Å². The second-order valence-electron chi connectivity index (χ2n) is 7.88. The third-order valence-electron chi connectivity index (χ3n) is 6.31. The van der Waals surface area contributed by atoms with E-state index in [9.17, 15) is 4.79 Å². The molecule has 0 spiro atoms. The van der Waals surface area contributed by atoms with E-state index >= 15 is 0 Å². The van der Waals surface area contributed by atoms with Crippen molar-refractivity contribution < 1.29 is 4.79 Å². The molecule has 1 aliphatic heterocycles. The van der Waals surface area contributed by atoms with Gasteiger partial charge in [0.2, 0.25) is 5.91 Å². The van der Waals surface area contributed by atoms with Gasteiger partial charge in [0.1, 0.15) is 0 Å². The van der Waals surface area contributed by atoms with E-state index in [1.165, 1.54) is 22.3 Å². The van der Waals surface area contributed by atoms with Crippen molar-refractivity contribution in [3.8, 4) is 0 Å². The molecule has 0 fully saturated rings. The molecule has 1 aliphatic carbocycles. The summed E-state index contributed by atoms with van der Waals surface area (Å²) in [5.74, 6) is 0.105. The zero-order valence-corrected chi connectivity index (χ0v) is 18.6. The van der Waals surface area contributed by atoms with Crippen molar-refractivity contribution in [3.05, 3.63) is 39.8 Å². The summed E-state index contributed by atoms with van der Waals surface area (Å²) in [7, 11) is 2.13. The Balaban J connectivity index is 2.16. The third kappa shape index (κ3) is 3.50. The predicted molar refractivity (Wildman–Crippen MR) is 122 cm³/mol. The number of hydrogen-bond donors (Lipinski definition) is 2. The van der Waals surface area contributed by atoms with Crippen molar-refractivity contribution in [3.63, 3.8) is 0 Å². The highest BCUT2D eigenvalue weighted by atomic mass is 32.1. The smallest absolute Gasteiger partial charge is 0.230 e. The van der Waals surface area contributed by atoms with Crippen LogP contribution in [0.1, 0.15) is 50.8 Å². The number of nitrogens with two attached hydrogens (primary N) is 1. The van der Waals surface area contributed by atoms with Crippen LogP contribution in [0.15, 0.2) is 23.1 Å². The van der Waals surface area contributed by atoms with E-state index < -0.39 is 0 Å². The van der Waals surface area contributed by atoms with Crippen LogP contribution in [-0.2, 0) is 11.2 Å². The molecule has 2 unspecified atom stereocenters. The molecular formula is C23H33N3OS. The average Bonchev–Trinajstić information content (AvgIpc) is 2.68. The number of allylic oxidation sites excluding steroid dienone is 1. The molecule has 2 atom stereocenters. The lowest BCUT2D eigenvalue weighted by Gasteiger charge is -2.42. The SMILES string of the molecule is CCc1ccc2c(c1N)/C(=C(\C)S)CC1C2=CC(C(=O)N(CC)CC)CN1C. The Morgan fingerprint density at radius 1 is 1.29 bits per heavy atom. The van der Waals surface area contributed by atoms with Gasteiger partial charge in [0.25, 0.3) is 0 Å². The Labute approximate surface area is 174 Å². The van der Waals surface area contributed by atoms with E-state index in [1.807, 2.05) is 25.7 Å². The Bertz CT molecular complexity index is 834. The van der Waals surface area contributed by atoms with E-state index in [1.54, 1.807) is 0 Å². The van der Waals surface area contributed by atoms with Gasteiger partial charge in [0, 0.05) is 36.9 Å². The molecule has 2 N–H and O–H groups in total. The number of rotatable bonds is 4. The summed E-state index contributed by atoms with van der Waals surface area (Å²) in [5.41, 5.74) is 13.4. The number of hydrogen-bond acceptors (Lipinski definition) is 4. The monoisotopic (exact) mass is 399 g/mol. The van der Waals surface area contributed by atoms with Gasteiger partial charge in [-0.3, -0.25) is 9.69 Å². The standard InChI is InChI=1S/C23H33N3OS/c1-6-15-9-10-17-19-11-16(23(27)26(7-2)8-3)13-25(5)20(19)12-18(14(4)28)21(17)22(15)24/h9-11,16,20,28H,6-8,12-13,24H2,1-5H3/b18-14+. The van der Waals surface area contributed by atoms with E-state index in [4.69, 9.17) is 18.4 Å². The van der Waals surface area contributed by atoms with Crippen molar-refractivity contribution in [1.82, 2.24) is 9.80 Å². The molecule has 0 bridgehead atoms. The van der Waals surface area contributed by atoms with Crippen LogP contribution in [0.2, 0.25) is 0 Å². The Morgan fingerprint density at radius 3 is 2.54 bits per heavy atom. The summed E-state index contributed by atoms with van der Waals surface area (Å²) < 4.78 is 0. The number of nitrogen functional groups attached to an aromatic ring is 1. The molecule has 5 heteroatoms. The molecule has 1 aromatic rings. The number of aryl methyl sites for hydroxylation is 1. The van der Waals surface area contributed by atoms with Crippen LogP contribution in [0, 0.1) is 5.92 Å². The van der Waals surface area contributed by atoms with Crippen LogP contribution < -0.4 is 5.73 Å². The minimum Gasteiger partial charge on any atom is -0.398 e. The quantitative estimate of drug-likeness (QED) is 0.592. The fourth-order valence-electron chi connectivity index (χ4n) is 4.67. The number of likely N-dealkylation sites (N-methyl/N-ethyl adjacent to an activating group) is 1. The van der Waals surface area contributed by atoms with E-state index in [2.05, 4.69) is 37.1 Å². The third-order valence-corrected chi connectivity index (χ3v) is 6.58. The fraction of sp³-hybridized carbons (Fsp3) is 0.522. The lowest BCUT2D eigenvalue weighted by molar-refractivity contribution is -0.134. The second-order valence-corrected chi connectivity index (χ2v) is 8.55. The summed E-state index contributed by atoms with van der Waals surface area (Å²) >= 11 is 4.69. The van der Waals surface area contributed by atoms with Crippen molar-refractivity contribution >= 4 is 35.4 Å². The number of thiol groups is 1. The van der Waals surface area contributed by atoms with Crippen LogP contribution in [0.3, 0.4) is 0 Å². The summed E-state index contributed by atoms with van der Waals surface area (Å²) in [6.07, 6.45) is 4.00. The molecule has 0 aromatic heterocycles. The molecule has 1 heterocycles. The maximum atomic E-state index is 13.0. The van der Waals surface area contributed by atoms with E-state index in [-0.39, 0.29) is 17.9 Å². The maximum Gasteiger partial charge on any atom is 0.230 e. The topological polar surface area (TPSA) is 49.6 Å². The van der Waals surface area contributed by atoms with Gasteiger partial charge in [-0.05, 0) is 67.8 Å². The predicted octanol–water partition coefficient (Wildman–Crippen LogP) is 4.08. The Morgan fingerprint density at radius 2 is 1.96 bits per heavy atom. The van der Waals surface area contributed by atoms with Crippen LogP contribution in [0.5, 0.6) is 0 Å². The number of carbonyl (C=O) groups excluding carboxylic acids is 1. The molecule has 3 rings (SSSR count). The van der Waals surface area contributed by atoms with Gasteiger partial charge >= 0.3 is 0 Å². The first-order chi connectivity index (χ1) is 13.3. The first-order valence-electron chi connectivity index (χ1n) is 10.3. The molecule has 0 radical (unpaired) electrons. The molecule has 152 valence electrons. The molecule has 0 saturated carbocycles. The number of fused-ring (bicyclic) bond motifs is 3. The van der Waals surface area contributed by atoms with Crippen LogP contribution >= 0.6 is 12.6 Å². The zero-order valence-electron chi connectivity index (χ0n) is 17.7. The van der Waals surface area contributed by atoms with Crippen LogP contribution in [-0.4, -0.2) is 48.4 Å². The minimum absolute atomic E-state index is 0.112. The lowest BCUT2D eigenvalue weighted by atomic mass is 9.75. The largest absolute Gasteiger partial charge is 0.398 e. The summed E-state index contributed by atoms with van der Waals surface area (Å²) in [5, 5.41) is 0. The summed E-state index contributed by atoms with van der Waals surface area (Å²) in [6, 6.07) is 4.59. The molecule has 1 aromatic carbocycles. The van der Waals surface area contributed by atoms with Crippen LogP contribution in [0.25, 0.3) is 11.1 Å². The molecule has 1 amide bonds. The summed E-state index contributed by atoms with van der Waals surface area (Å²) in [6.45, 7) is 10.5. The zero-order chi connectivity index (χ0) is 20.6. The van der Waals surface area contributed by atoms with E-state index in [0.717, 1.165) is 48.6 Å². The van der Waals surface area contributed by atoms with Crippen molar-refractivity contribution in [2.75, 3.05) is 32.4 Å². The van der Waals surface area contributed by atoms with E-state index in [0.29, 0.717) is 0 Å². The highest BCUT2D eigenvalue weighted by molar-refractivity contribution is 7.84. The molecule has 28 heavy (non-hydrogen) atoms. The lowest BCUT2D eigenvalue weighted by Crippen LogP contribution is -2.47. The van der Waals surface area contributed by atoms with Crippen molar-refractivity contribution in [1.29, 1.82) is 0 Å². The Hall–Kier alpha value is -1.72. The minimum atomic E-state index is -0.112. The van der Waals surface area contributed by atoms with Crippen molar-refractivity contribution in [2.24, 2.45) is 5.92 Å². The molecule has 2 aliphatic rings. The van der Waals surface area contributed by atoms with Gasteiger partial charge < -0.3 is 10.6 Å². The van der Waals surface area contributed by atoms with Gasteiger partial charge in [-0.2, -0.15) is 0 Å². The van der Waals surface area contributed by atoms with Gasteiger partial charge in [-0.1, -0.05) is 25.1 Å². The Kier molecular flexibility index (Phi) is 6.25. The van der Waals surface area contributed by atoms with Gasteiger partial charge in [0.05, 0.1) is 5.92 Å².